The van der Waals surface area contributed by atoms with E-state index in [0.717, 1.165) is 12.4 Å². The highest BCUT2D eigenvalue weighted by atomic mass is 32.2. The summed E-state index contributed by atoms with van der Waals surface area (Å²) in [6.07, 6.45) is 3.59. The Kier molecular flexibility index (Phi) is 4.56. The average molecular weight is 346 g/mol. The maximum atomic E-state index is 11.7. The van der Waals surface area contributed by atoms with Gasteiger partial charge in [-0.25, -0.2) is 13.6 Å². The summed E-state index contributed by atoms with van der Waals surface area (Å²) in [7, 11) is -3.75. The van der Waals surface area contributed by atoms with Crippen molar-refractivity contribution in [2.24, 2.45) is 5.14 Å². The summed E-state index contributed by atoms with van der Waals surface area (Å²) in [6, 6.07) is 9.40. The second kappa shape index (κ2) is 6.49. The van der Waals surface area contributed by atoms with Crippen LogP contribution in [0.25, 0.3) is 11.3 Å². The summed E-state index contributed by atoms with van der Waals surface area (Å²) in [6.45, 7) is 4.92. The second-order valence-corrected chi connectivity index (χ2v) is 7.87. The molecule has 1 atom stereocenters. The van der Waals surface area contributed by atoms with Crippen LogP contribution in [0.4, 0.5) is 5.82 Å². The zero-order chi connectivity index (χ0) is 17.3. The summed E-state index contributed by atoms with van der Waals surface area (Å²) in [5, 5.41) is 13.9. The van der Waals surface area contributed by atoms with Gasteiger partial charge in [0.05, 0.1) is 10.6 Å². The second-order valence-electron chi connectivity index (χ2n) is 6.34. The Bertz CT molecular complexity index is 834. The molecular weight excluding hydrogens is 324 g/mol. The molecule has 1 aromatic heterocycles. The molecule has 128 valence electrons. The number of primary sulfonamides is 1. The molecule has 0 bridgehead atoms. The molecule has 0 spiro atoms. The van der Waals surface area contributed by atoms with Gasteiger partial charge in [0, 0.05) is 18.2 Å². The van der Waals surface area contributed by atoms with Crippen LogP contribution in [0.2, 0.25) is 0 Å². The molecule has 6 nitrogen and oxygen atoms in total. The molecule has 24 heavy (non-hydrogen) atoms. The van der Waals surface area contributed by atoms with Crippen molar-refractivity contribution in [2.45, 2.75) is 44.0 Å². The highest BCUT2D eigenvalue weighted by molar-refractivity contribution is 7.89. The molecule has 1 fully saturated rings. The van der Waals surface area contributed by atoms with E-state index in [2.05, 4.69) is 22.0 Å². The van der Waals surface area contributed by atoms with Crippen LogP contribution in [0.1, 0.15) is 31.7 Å². The highest BCUT2D eigenvalue weighted by Crippen LogP contribution is 2.26. The van der Waals surface area contributed by atoms with Crippen molar-refractivity contribution in [3.8, 4) is 11.3 Å². The third-order valence-corrected chi connectivity index (χ3v) is 5.59. The lowest BCUT2D eigenvalue weighted by Crippen LogP contribution is -2.38. The molecule has 0 radical (unpaired) electrons. The van der Waals surface area contributed by atoms with Gasteiger partial charge >= 0.3 is 0 Å². The smallest absolute Gasteiger partial charge is 0.238 e. The van der Waals surface area contributed by atoms with Gasteiger partial charge in [-0.3, -0.25) is 0 Å². The molecule has 0 amide bonds. The van der Waals surface area contributed by atoms with Crippen molar-refractivity contribution in [3.63, 3.8) is 0 Å². The Morgan fingerprint density at radius 2 is 1.96 bits per heavy atom. The molecule has 1 aromatic carbocycles. The molecular formula is C17H22N4O2S. The van der Waals surface area contributed by atoms with Crippen LogP contribution in [0.5, 0.6) is 0 Å². The molecule has 7 heteroatoms. The van der Waals surface area contributed by atoms with Gasteiger partial charge in [-0.1, -0.05) is 12.1 Å². The van der Waals surface area contributed by atoms with Crippen molar-refractivity contribution in [3.05, 3.63) is 35.9 Å². The zero-order valence-corrected chi connectivity index (χ0v) is 14.8. The number of rotatable bonds is 3. The van der Waals surface area contributed by atoms with Crippen molar-refractivity contribution in [2.75, 3.05) is 11.4 Å². The van der Waals surface area contributed by atoms with E-state index < -0.39 is 10.0 Å². The topological polar surface area (TPSA) is 89.2 Å². The van der Waals surface area contributed by atoms with Crippen molar-refractivity contribution in [1.82, 2.24) is 10.2 Å². The van der Waals surface area contributed by atoms with Crippen LogP contribution >= 0.6 is 0 Å². The summed E-state index contributed by atoms with van der Waals surface area (Å²) < 4.78 is 23.3. The largest absolute Gasteiger partial charge is 0.352 e. The Hall–Kier alpha value is -1.99. The lowest BCUT2D eigenvalue weighted by atomic mass is 10.0. The van der Waals surface area contributed by atoms with E-state index in [1.807, 2.05) is 18.2 Å². The third-order valence-electron chi connectivity index (χ3n) is 4.54. The minimum atomic E-state index is -3.75. The van der Waals surface area contributed by atoms with Crippen LogP contribution < -0.4 is 10.0 Å². The number of aryl methyl sites for hydroxylation is 1. The maximum Gasteiger partial charge on any atom is 0.238 e. The van der Waals surface area contributed by atoms with Gasteiger partial charge in [-0.2, -0.15) is 0 Å². The van der Waals surface area contributed by atoms with Crippen LogP contribution in [-0.4, -0.2) is 31.2 Å². The number of sulfonamides is 1. The Morgan fingerprint density at radius 1 is 1.17 bits per heavy atom. The average Bonchev–Trinajstić information content (AvgIpc) is 2.55. The fraction of sp³-hybridized carbons (Fsp3) is 0.412. The van der Waals surface area contributed by atoms with Gasteiger partial charge in [0.2, 0.25) is 10.0 Å². The van der Waals surface area contributed by atoms with E-state index in [1.165, 1.54) is 19.3 Å². The van der Waals surface area contributed by atoms with Gasteiger partial charge < -0.3 is 4.90 Å². The zero-order valence-electron chi connectivity index (χ0n) is 13.9. The van der Waals surface area contributed by atoms with Crippen LogP contribution in [0.15, 0.2) is 35.2 Å². The third kappa shape index (κ3) is 3.42. The predicted molar refractivity (Wildman–Crippen MR) is 94.2 cm³/mol. The van der Waals surface area contributed by atoms with Gasteiger partial charge in [0.1, 0.15) is 0 Å². The first-order valence-corrected chi connectivity index (χ1v) is 9.65. The monoisotopic (exact) mass is 346 g/mol. The van der Waals surface area contributed by atoms with Gasteiger partial charge in [0.15, 0.2) is 5.82 Å². The summed E-state index contributed by atoms with van der Waals surface area (Å²) >= 11 is 0. The number of nitrogens with zero attached hydrogens (tertiary/aromatic N) is 3. The number of benzene rings is 1. The van der Waals surface area contributed by atoms with E-state index in [4.69, 9.17) is 5.14 Å². The fourth-order valence-electron chi connectivity index (χ4n) is 3.14. The number of hydrogen-bond acceptors (Lipinski definition) is 5. The Labute approximate surface area is 142 Å². The van der Waals surface area contributed by atoms with Crippen LogP contribution in [0, 0.1) is 6.92 Å². The number of nitrogens with two attached hydrogens (primary N) is 1. The normalized spacial score (nSPS) is 18.6. The predicted octanol–water partition coefficient (Wildman–Crippen LogP) is 2.48. The SMILES string of the molecule is Cc1ccc(-c2ccc(N3CCCCC3C)nn2)cc1S(N)(=O)=O. The van der Waals surface area contributed by atoms with Crippen molar-refractivity contribution < 1.29 is 8.42 Å². The molecule has 1 aliphatic heterocycles. The molecule has 1 unspecified atom stereocenters. The lowest BCUT2D eigenvalue weighted by molar-refractivity contribution is 0.480. The molecule has 3 rings (SSSR count). The first-order chi connectivity index (χ1) is 11.4. The molecule has 2 N–H and O–H groups in total. The lowest BCUT2D eigenvalue weighted by Gasteiger charge is -2.34. The van der Waals surface area contributed by atoms with E-state index in [-0.39, 0.29) is 4.90 Å². The standard InChI is InChI=1S/C17H22N4O2S/c1-12-6-7-14(11-16(12)24(18,22)23)15-8-9-17(20-19-15)21-10-4-3-5-13(21)2/h6-9,11,13H,3-5,10H2,1-2H3,(H2,18,22,23). The minimum absolute atomic E-state index is 0.121. The summed E-state index contributed by atoms with van der Waals surface area (Å²) in [5.74, 6) is 0.865. The molecule has 2 aromatic rings. The summed E-state index contributed by atoms with van der Waals surface area (Å²) in [4.78, 5) is 2.39. The molecule has 0 aliphatic carbocycles. The molecule has 1 saturated heterocycles. The van der Waals surface area contributed by atoms with Gasteiger partial charge in [-0.15, -0.1) is 10.2 Å². The Balaban J connectivity index is 1.91. The highest BCUT2D eigenvalue weighted by Gasteiger charge is 2.20. The summed E-state index contributed by atoms with van der Waals surface area (Å²) in [5.41, 5.74) is 1.94. The number of anilines is 1. The quantitative estimate of drug-likeness (QED) is 0.922. The first-order valence-electron chi connectivity index (χ1n) is 8.10. The molecule has 2 heterocycles. The van der Waals surface area contributed by atoms with Gasteiger partial charge in [-0.05, 0) is 56.9 Å². The van der Waals surface area contributed by atoms with Crippen LogP contribution in [0.3, 0.4) is 0 Å². The Morgan fingerprint density at radius 3 is 2.58 bits per heavy atom. The van der Waals surface area contributed by atoms with Crippen molar-refractivity contribution >= 4 is 15.8 Å². The van der Waals surface area contributed by atoms with E-state index in [1.54, 1.807) is 19.1 Å². The van der Waals surface area contributed by atoms with Crippen LogP contribution in [-0.2, 0) is 10.0 Å². The van der Waals surface area contributed by atoms with E-state index >= 15 is 0 Å². The van der Waals surface area contributed by atoms with Crippen molar-refractivity contribution in [1.29, 1.82) is 0 Å². The van der Waals surface area contributed by atoms with E-state index in [9.17, 15) is 8.42 Å². The molecule has 1 aliphatic rings. The number of piperidine rings is 1. The number of hydrogen-bond donors (Lipinski definition) is 1. The first kappa shape index (κ1) is 16.9. The maximum absolute atomic E-state index is 11.7. The number of aromatic nitrogens is 2. The van der Waals surface area contributed by atoms with Gasteiger partial charge in [0.25, 0.3) is 0 Å². The molecule has 0 saturated carbocycles. The van der Waals surface area contributed by atoms with E-state index in [0.29, 0.717) is 22.9 Å². The minimum Gasteiger partial charge on any atom is -0.352 e. The fourth-order valence-corrected chi connectivity index (χ4v) is 3.94.